The van der Waals surface area contributed by atoms with Crippen LogP contribution in [0.4, 0.5) is 0 Å². The molecular formula is C8H12N2O3. The topological polar surface area (TPSA) is 75.3 Å². The summed E-state index contributed by atoms with van der Waals surface area (Å²) in [4.78, 5) is 32.3. The van der Waals surface area contributed by atoms with Gasteiger partial charge in [0.05, 0.1) is 0 Å². The molecule has 0 aromatic carbocycles. The summed E-state index contributed by atoms with van der Waals surface area (Å²) in [6.07, 6.45) is 0.106. The monoisotopic (exact) mass is 184 g/mol. The minimum absolute atomic E-state index is 0.106. The number of ketones is 1. The summed E-state index contributed by atoms with van der Waals surface area (Å²) in [7, 11) is 0. The zero-order chi connectivity index (χ0) is 10.4. The number of carbonyl (C=O) groups is 3. The zero-order valence-corrected chi connectivity index (χ0v) is 7.64. The zero-order valence-electron chi connectivity index (χ0n) is 7.64. The van der Waals surface area contributed by atoms with E-state index in [0.717, 1.165) is 0 Å². The van der Waals surface area contributed by atoms with E-state index in [1.165, 1.54) is 6.92 Å². The van der Waals surface area contributed by atoms with E-state index in [1.807, 2.05) is 10.9 Å². The highest BCUT2D eigenvalue weighted by atomic mass is 16.2. The quantitative estimate of drug-likeness (QED) is 0.359. The lowest BCUT2D eigenvalue weighted by Gasteiger charge is -2.04. The highest BCUT2D eigenvalue weighted by Gasteiger charge is 2.11. The predicted octanol–water partition coefficient (Wildman–Crippen LogP) is -0.311. The van der Waals surface area contributed by atoms with E-state index >= 15 is 0 Å². The lowest BCUT2D eigenvalue weighted by molar-refractivity contribution is -0.139. The van der Waals surface area contributed by atoms with Gasteiger partial charge in [-0.25, -0.2) is 0 Å². The summed E-state index contributed by atoms with van der Waals surface area (Å²) < 4.78 is 0. The third-order valence-electron chi connectivity index (χ3n) is 1.25. The minimum Gasteiger partial charge on any atom is -0.289 e. The smallest absolute Gasteiger partial charge is 0.289 e. The van der Waals surface area contributed by atoms with Crippen LogP contribution in [0.25, 0.3) is 0 Å². The number of hydrogen-bond acceptors (Lipinski definition) is 3. The molecule has 0 bridgehead atoms. The Balaban J connectivity index is 3.90. The Morgan fingerprint density at radius 2 is 1.62 bits per heavy atom. The number of amides is 2. The van der Waals surface area contributed by atoms with Gasteiger partial charge in [-0.1, -0.05) is 13.5 Å². The number of hydrogen-bond donors (Lipinski definition) is 2. The normalized spacial score (nSPS) is 8.77. The predicted molar refractivity (Wildman–Crippen MR) is 46.4 cm³/mol. The molecule has 5 heteroatoms. The Kier molecular flexibility index (Phi) is 4.43. The van der Waals surface area contributed by atoms with Crippen LogP contribution in [-0.4, -0.2) is 17.6 Å². The SMILES string of the molecule is C=C(C)C(=O)NNC(=O)C(=O)CC. The molecule has 0 saturated carbocycles. The maximum absolute atomic E-state index is 10.8. The van der Waals surface area contributed by atoms with Gasteiger partial charge >= 0.3 is 5.91 Å². The van der Waals surface area contributed by atoms with Crippen molar-refractivity contribution in [2.75, 3.05) is 0 Å². The van der Waals surface area contributed by atoms with E-state index in [-0.39, 0.29) is 12.0 Å². The second-order valence-electron chi connectivity index (χ2n) is 2.47. The Bertz CT molecular complexity index is 258. The molecule has 0 unspecified atom stereocenters. The van der Waals surface area contributed by atoms with Crippen molar-refractivity contribution >= 4 is 17.6 Å². The molecule has 0 aromatic heterocycles. The molecule has 0 aromatic rings. The molecule has 0 fully saturated rings. The maximum atomic E-state index is 10.8. The van der Waals surface area contributed by atoms with Crippen molar-refractivity contribution in [1.82, 2.24) is 10.9 Å². The van der Waals surface area contributed by atoms with Crippen molar-refractivity contribution < 1.29 is 14.4 Å². The Morgan fingerprint density at radius 1 is 1.15 bits per heavy atom. The lowest BCUT2D eigenvalue weighted by atomic mass is 10.3. The van der Waals surface area contributed by atoms with E-state index in [1.54, 1.807) is 6.92 Å². The first-order valence-corrected chi connectivity index (χ1v) is 3.78. The van der Waals surface area contributed by atoms with Gasteiger partial charge in [-0.15, -0.1) is 0 Å². The molecule has 0 aliphatic heterocycles. The fourth-order valence-electron chi connectivity index (χ4n) is 0.450. The summed E-state index contributed by atoms with van der Waals surface area (Å²) in [5.41, 5.74) is 4.26. The van der Waals surface area contributed by atoms with Gasteiger partial charge in [0, 0.05) is 12.0 Å². The van der Waals surface area contributed by atoms with E-state index in [4.69, 9.17) is 0 Å². The van der Waals surface area contributed by atoms with Crippen LogP contribution >= 0.6 is 0 Å². The average molecular weight is 184 g/mol. The first kappa shape index (κ1) is 11.4. The molecule has 0 aliphatic rings. The molecule has 0 spiro atoms. The molecule has 5 nitrogen and oxygen atoms in total. The molecule has 0 atom stereocenters. The highest BCUT2D eigenvalue weighted by molar-refractivity contribution is 6.36. The van der Waals surface area contributed by atoms with Gasteiger partial charge in [-0.2, -0.15) is 0 Å². The van der Waals surface area contributed by atoms with Gasteiger partial charge in [0.1, 0.15) is 0 Å². The fraction of sp³-hybridized carbons (Fsp3) is 0.375. The molecule has 2 N–H and O–H groups in total. The van der Waals surface area contributed by atoms with Crippen LogP contribution in [0.5, 0.6) is 0 Å². The number of Topliss-reactive ketones (excluding diaryl/α,β-unsaturated/α-hetero) is 1. The average Bonchev–Trinajstić information content (AvgIpc) is 2.11. The first-order chi connectivity index (χ1) is 5.99. The van der Waals surface area contributed by atoms with Crippen molar-refractivity contribution in [3.8, 4) is 0 Å². The van der Waals surface area contributed by atoms with Crippen LogP contribution < -0.4 is 10.9 Å². The maximum Gasteiger partial charge on any atom is 0.305 e. The van der Waals surface area contributed by atoms with Crippen LogP contribution in [0.2, 0.25) is 0 Å². The molecule has 0 saturated heterocycles. The highest BCUT2D eigenvalue weighted by Crippen LogP contribution is 1.84. The second-order valence-corrected chi connectivity index (χ2v) is 2.47. The van der Waals surface area contributed by atoms with E-state index < -0.39 is 17.6 Å². The number of hydrazine groups is 1. The van der Waals surface area contributed by atoms with Crippen molar-refractivity contribution in [2.24, 2.45) is 0 Å². The van der Waals surface area contributed by atoms with Crippen molar-refractivity contribution in [2.45, 2.75) is 20.3 Å². The van der Waals surface area contributed by atoms with Crippen LogP contribution in [0.3, 0.4) is 0 Å². The molecule has 2 amide bonds. The Morgan fingerprint density at radius 3 is 2.00 bits per heavy atom. The summed E-state index contributed by atoms with van der Waals surface area (Å²) in [6.45, 7) is 6.40. The summed E-state index contributed by atoms with van der Waals surface area (Å²) in [5.74, 6) is -1.92. The molecule has 13 heavy (non-hydrogen) atoms. The summed E-state index contributed by atoms with van der Waals surface area (Å²) in [5, 5.41) is 0. The van der Waals surface area contributed by atoms with Crippen LogP contribution in [0, 0.1) is 0 Å². The molecular weight excluding hydrogens is 172 g/mol. The largest absolute Gasteiger partial charge is 0.305 e. The van der Waals surface area contributed by atoms with Gasteiger partial charge in [-0.05, 0) is 6.92 Å². The van der Waals surface area contributed by atoms with Gasteiger partial charge in [-0.3, -0.25) is 25.2 Å². The molecule has 0 aliphatic carbocycles. The second kappa shape index (κ2) is 5.08. The molecule has 0 radical (unpaired) electrons. The number of rotatable bonds is 3. The Labute approximate surface area is 76.2 Å². The van der Waals surface area contributed by atoms with Crippen LogP contribution in [-0.2, 0) is 14.4 Å². The van der Waals surface area contributed by atoms with Crippen LogP contribution in [0.1, 0.15) is 20.3 Å². The summed E-state index contributed by atoms with van der Waals surface area (Å²) >= 11 is 0. The minimum atomic E-state index is -0.822. The molecule has 0 heterocycles. The van der Waals surface area contributed by atoms with Gasteiger partial charge in [0.2, 0.25) is 5.78 Å². The summed E-state index contributed by atoms with van der Waals surface area (Å²) in [6, 6.07) is 0. The lowest BCUT2D eigenvalue weighted by Crippen LogP contribution is -2.44. The molecule has 0 rings (SSSR count). The first-order valence-electron chi connectivity index (χ1n) is 3.78. The number of carbonyl (C=O) groups excluding carboxylic acids is 3. The van der Waals surface area contributed by atoms with E-state index in [2.05, 4.69) is 6.58 Å². The standard InChI is InChI=1S/C8H12N2O3/c1-4-6(11)8(13)10-9-7(12)5(2)3/h2,4H2,1,3H3,(H,9,12)(H,10,13). The van der Waals surface area contributed by atoms with Crippen molar-refractivity contribution in [3.05, 3.63) is 12.2 Å². The van der Waals surface area contributed by atoms with E-state index in [9.17, 15) is 14.4 Å². The van der Waals surface area contributed by atoms with Gasteiger partial charge in [0.25, 0.3) is 5.91 Å². The van der Waals surface area contributed by atoms with E-state index in [0.29, 0.717) is 0 Å². The number of nitrogens with one attached hydrogen (secondary N) is 2. The van der Waals surface area contributed by atoms with Crippen LogP contribution in [0.15, 0.2) is 12.2 Å². The Hall–Kier alpha value is -1.65. The van der Waals surface area contributed by atoms with Crippen molar-refractivity contribution in [3.63, 3.8) is 0 Å². The van der Waals surface area contributed by atoms with Crippen molar-refractivity contribution in [1.29, 1.82) is 0 Å². The fourth-order valence-corrected chi connectivity index (χ4v) is 0.450. The van der Waals surface area contributed by atoms with Gasteiger partial charge < -0.3 is 0 Å². The van der Waals surface area contributed by atoms with Gasteiger partial charge in [0.15, 0.2) is 0 Å². The third-order valence-corrected chi connectivity index (χ3v) is 1.25. The molecule has 72 valence electrons. The third kappa shape index (κ3) is 4.05.